The lowest BCUT2D eigenvalue weighted by Gasteiger charge is -2.11. The van der Waals surface area contributed by atoms with Gasteiger partial charge in [-0.3, -0.25) is 14.3 Å². The van der Waals surface area contributed by atoms with Gasteiger partial charge in [0.1, 0.15) is 0 Å². The summed E-state index contributed by atoms with van der Waals surface area (Å²) in [6, 6.07) is 21.4. The van der Waals surface area contributed by atoms with Crippen molar-refractivity contribution in [2.75, 3.05) is 0 Å². The fourth-order valence-corrected chi connectivity index (χ4v) is 4.29. The van der Waals surface area contributed by atoms with Crippen molar-refractivity contribution in [1.82, 2.24) is 14.1 Å². The summed E-state index contributed by atoms with van der Waals surface area (Å²) in [5, 5.41) is 11.1. The molecule has 0 spiro atoms. The van der Waals surface area contributed by atoms with Gasteiger partial charge in [0.05, 0.1) is 40.1 Å². The predicted octanol–water partition coefficient (Wildman–Crippen LogP) is 5.07. The Morgan fingerprint density at radius 3 is 2.55 bits per heavy atom. The molecule has 0 fully saturated rings. The molecule has 0 aliphatic heterocycles. The largest absolute Gasteiger partial charge is 0.311 e. The van der Waals surface area contributed by atoms with Crippen molar-refractivity contribution in [3.05, 3.63) is 88.6 Å². The van der Waals surface area contributed by atoms with Crippen molar-refractivity contribution in [3.8, 4) is 22.9 Å². The highest BCUT2D eigenvalue weighted by atomic mass is 35.5. The third-order valence-corrected chi connectivity index (χ3v) is 6.08. The third kappa shape index (κ3) is 3.39. The number of hydrogen-bond acceptors (Lipinski definition) is 3. The highest BCUT2D eigenvalue weighted by Crippen LogP contribution is 2.31. The van der Waals surface area contributed by atoms with Gasteiger partial charge < -0.3 is 4.57 Å². The van der Waals surface area contributed by atoms with Crippen molar-refractivity contribution in [2.24, 2.45) is 12.0 Å². The lowest BCUT2D eigenvalue weighted by atomic mass is 10.0. The molecule has 0 aliphatic carbocycles. The number of halogens is 1. The van der Waals surface area contributed by atoms with E-state index in [1.807, 2.05) is 71.6 Å². The van der Waals surface area contributed by atoms with E-state index in [2.05, 4.69) is 22.1 Å². The number of hydrogen-bond donors (Lipinski definition) is 0. The number of benzene rings is 3. The summed E-state index contributed by atoms with van der Waals surface area (Å²) in [4.78, 5) is 20.2. The molecule has 1 amide bonds. The molecule has 7 heteroatoms. The van der Waals surface area contributed by atoms with Crippen molar-refractivity contribution in [1.29, 1.82) is 5.26 Å². The Kier molecular flexibility index (Phi) is 5.04. The van der Waals surface area contributed by atoms with E-state index in [4.69, 9.17) is 11.6 Å². The molecule has 0 aliphatic rings. The zero-order valence-corrected chi connectivity index (χ0v) is 18.7. The minimum Gasteiger partial charge on any atom is -0.311 e. The minimum absolute atomic E-state index is 0.449. The van der Waals surface area contributed by atoms with Crippen molar-refractivity contribution in [3.63, 3.8) is 0 Å². The highest BCUT2D eigenvalue weighted by Gasteiger charge is 2.17. The van der Waals surface area contributed by atoms with E-state index >= 15 is 0 Å². The second-order valence-corrected chi connectivity index (χ2v) is 8.21. The first-order chi connectivity index (χ1) is 16.0. The van der Waals surface area contributed by atoms with Gasteiger partial charge in [-0.1, -0.05) is 35.9 Å². The summed E-state index contributed by atoms with van der Waals surface area (Å²) in [6.07, 6.45) is 2.31. The standard InChI is InChI=1S/C26H18ClN5O/c1-16-3-4-17(13-28)11-23(16)32-25-21-12-19(18-5-8-20(27)9-6-18)7-10-22(21)29-14-24(25)31(2)26(32)30-15-33/h3-12,14-15H,1-2H3/b30-26+. The molecule has 0 bridgehead atoms. The van der Waals surface area contributed by atoms with Crippen LogP contribution in [0.5, 0.6) is 0 Å². The monoisotopic (exact) mass is 451 g/mol. The highest BCUT2D eigenvalue weighted by molar-refractivity contribution is 6.30. The summed E-state index contributed by atoms with van der Waals surface area (Å²) < 4.78 is 3.76. The number of aryl methyl sites for hydroxylation is 2. The lowest BCUT2D eigenvalue weighted by molar-refractivity contribution is -0.107. The van der Waals surface area contributed by atoms with Crippen molar-refractivity contribution >= 4 is 39.9 Å². The van der Waals surface area contributed by atoms with Crippen molar-refractivity contribution in [2.45, 2.75) is 6.92 Å². The lowest BCUT2D eigenvalue weighted by Crippen LogP contribution is -2.24. The zero-order valence-electron chi connectivity index (χ0n) is 18.0. The topological polar surface area (TPSA) is 76.0 Å². The van der Waals surface area contributed by atoms with Crippen LogP contribution in [0.1, 0.15) is 11.1 Å². The minimum atomic E-state index is 0.449. The number of imidazole rings is 1. The van der Waals surface area contributed by atoms with Crippen LogP contribution in [0, 0.1) is 18.3 Å². The van der Waals surface area contributed by atoms with E-state index in [9.17, 15) is 10.1 Å². The average Bonchev–Trinajstić information content (AvgIpc) is 3.11. The molecule has 0 N–H and O–H groups in total. The van der Waals surface area contributed by atoms with Crippen LogP contribution in [-0.2, 0) is 11.8 Å². The second kappa shape index (κ2) is 8.05. The first-order valence-electron chi connectivity index (χ1n) is 10.3. The molecule has 0 radical (unpaired) electrons. The van der Waals surface area contributed by atoms with Crippen LogP contribution in [0.25, 0.3) is 38.8 Å². The van der Waals surface area contributed by atoms with E-state index < -0.39 is 0 Å². The van der Waals surface area contributed by atoms with Crippen LogP contribution in [0.4, 0.5) is 0 Å². The summed E-state index contributed by atoms with van der Waals surface area (Å²) >= 11 is 6.07. The number of aromatic nitrogens is 3. The molecule has 0 unspecified atom stereocenters. The van der Waals surface area contributed by atoms with Gasteiger partial charge in [-0.25, -0.2) is 0 Å². The number of rotatable bonds is 3. The van der Waals surface area contributed by atoms with Gasteiger partial charge in [0.25, 0.3) is 0 Å². The maximum Gasteiger partial charge on any atom is 0.236 e. The van der Waals surface area contributed by atoms with Crippen LogP contribution in [0.3, 0.4) is 0 Å². The van der Waals surface area contributed by atoms with Gasteiger partial charge >= 0.3 is 0 Å². The maximum absolute atomic E-state index is 11.5. The normalized spacial score (nSPS) is 11.8. The van der Waals surface area contributed by atoms with Gasteiger partial charge in [0, 0.05) is 17.5 Å². The molecule has 0 saturated heterocycles. The van der Waals surface area contributed by atoms with E-state index in [1.54, 1.807) is 12.3 Å². The van der Waals surface area contributed by atoms with Crippen LogP contribution in [0.15, 0.2) is 71.9 Å². The molecule has 5 rings (SSSR count). The number of carbonyl (C=O) groups is 1. The molecular formula is C26H18ClN5O. The third-order valence-electron chi connectivity index (χ3n) is 5.83. The number of carbonyl (C=O) groups excluding carboxylic acids is 1. The Hall–Kier alpha value is -4.21. The predicted molar refractivity (Wildman–Crippen MR) is 129 cm³/mol. The van der Waals surface area contributed by atoms with Crippen LogP contribution < -0.4 is 5.62 Å². The molecular weight excluding hydrogens is 434 g/mol. The van der Waals surface area contributed by atoms with E-state index in [0.717, 1.165) is 44.3 Å². The van der Waals surface area contributed by atoms with E-state index in [0.29, 0.717) is 22.6 Å². The molecule has 0 atom stereocenters. The number of nitrogens with zero attached hydrogens (tertiary/aromatic N) is 5. The van der Waals surface area contributed by atoms with Gasteiger partial charge in [0.15, 0.2) is 0 Å². The molecule has 2 aromatic heterocycles. The summed E-state index contributed by atoms with van der Waals surface area (Å²) in [5.41, 5.74) is 7.24. The molecule has 160 valence electrons. The Balaban J connectivity index is 1.94. The maximum atomic E-state index is 11.5. The molecule has 6 nitrogen and oxygen atoms in total. The fourth-order valence-electron chi connectivity index (χ4n) is 4.17. The average molecular weight is 452 g/mol. The molecule has 0 saturated carbocycles. The van der Waals surface area contributed by atoms with E-state index in [1.165, 1.54) is 0 Å². The van der Waals surface area contributed by atoms with Gasteiger partial charge in [-0.2, -0.15) is 10.3 Å². The van der Waals surface area contributed by atoms with E-state index in [-0.39, 0.29) is 0 Å². The first kappa shape index (κ1) is 20.7. The smallest absolute Gasteiger partial charge is 0.236 e. The van der Waals surface area contributed by atoms with Crippen LogP contribution >= 0.6 is 11.6 Å². The summed E-state index contributed by atoms with van der Waals surface area (Å²) in [6.45, 7) is 1.97. The molecule has 3 aromatic carbocycles. The quantitative estimate of drug-likeness (QED) is 0.359. The van der Waals surface area contributed by atoms with Gasteiger partial charge in [-0.05, 0) is 60.0 Å². The SMILES string of the molecule is Cc1ccc(C#N)cc1-n1/c(=N/C=O)n(C)c2cnc3ccc(-c4ccc(Cl)cc4)cc3c21. The number of nitriles is 1. The summed E-state index contributed by atoms with van der Waals surface area (Å²) in [5.74, 6) is 0. The Morgan fingerprint density at radius 1 is 1.06 bits per heavy atom. The Morgan fingerprint density at radius 2 is 1.82 bits per heavy atom. The molecule has 33 heavy (non-hydrogen) atoms. The van der Waals surface area contributed by atoms with Crippen molar-refractivity contribution < 1.29 is 4.79 Å². The van der Waals surface area contributed by atoms with Crippen LogP contribution in [-0.4, -0.2) is 20.5 Å². The number of amides is 1. The molecule has 2 heterocycles. The van der Waals surface area contributed by atoms with Gasteiger partial charge in [0.2, 0.25) is 12.0 Å². The Labute approximate surface area is 194 Å². The zero-order chi connectivity index (χ0) is 23.1. The Bertz CT molecular complexity index is 1670. The summed E-state index contributed by atoms with van der Waals surface area (Å²) in [7, 11) is 1.85. The molecule has 5 aromatic rings. The van der Waals surface area contributed by atoms with Crippen LogP contribution in [0.2, 0.25) is 5.02 Å². The number of pyridine rings is 1. The first-order valence-corrected chi connectivity index (χ1v) is 10.6. The fraction of sp³-hybridized carbons (Fsp3) is 0.0769. The van der Waals surface area contributed by atoms with Gasteiger partial charge in [-0.15, -0.1) is 0 Å². The number of fused-ring (bicyclic) bond motifs is 3. The second-order valence-electron chi connectivity index (χ2n) is 7.77.